The SMILES string of the molecule is Cc1nnc(CN2CCn3cccc3C2c2ccccc2)o1. The second kappa shape index (κ2) is 5.42. The molecule has 112 valence electrons. The zero-order chi connectivity index (χ0) is 14.9. The summed E-state index contributed by atoms with van der Waals surface area (Å²) in [6.45, 7) is 4.44. The van der Waals surface area contributed by atoms with E-state index in [0.29, 0.717) is 18.3 Å². The third kappa shape index (κ3) is 2.33. The fourth-order valence-electron chi connectivity index (χ4n) is 3.19. The third-order valence-electron chi connectivity index (χ3n) is 4.16. The summed E-state index contributed by atoms with van der Waals surface area (Å²) in [4.78, 5) is 2.40. The van der Waals surface area contributed by atoms with Gasteiger partial charge in [-0.15, -0.1) is 10.2 Å². The van der Waals surface area contributed by atoms with E-state index in [1.54, 1.807) is 0 Å². The standard InChI is InChI=1S/C17H18N4O/c1-13-18-19-16(22-13)12-21-11-10-20-9-5-8-15(20)17(21)14-6-3-2-4-7-14/h2-9,17H,10-12H2,1H3. The molecule has 1 aromatic carbocycles. The number of aromatic nitrogens is 3. The number of aryl methyl sites for hydroxylation is 1. The van der Waals surface area contributed by atoms with Crippen molar-refractivity contribution in [3.8, 4) is 0 Å². The lowest BCUT2D eigenvalue weighted by molar-refractivity contribution is 0.158. The van der Waals surface area contributed by atoms with Gasteiger partial charge < -0.3 is 8.98 Å². The molecule has 2 aromatic heterocycles. The van der Waals surface area contributed by atoms with E-state index in [1.165, 1.54) is 11.3 Å². The van der Waals surface area contributed by atoms with Gasteiger partial charge in [0, 0.05) is 31.9 Å². The summed E-state index contributed by atoms with van der Waals surface area (Å²) < 4.78 is 7.90. The Hall–Kier alpha value is -2.40. The van der Waals surface area contributed by atoms with Crippen molar-refractivity contribution in [2.75, 3.05) is 6.54 Å². The van der Waals surface area contributed by atoms with Gasteiger partial charge in [-0.05, 0) is 17.7 Å². The lowest BCUT2D eigenvalue weighted by Gasteiger charge is -2.36. The summed E-state index contributed by atoms with van der Waals surface area (Å²) >= 11 is 0. The molecule has 5 nitrogen and oxygen atoms in total. The van der Waals surface area contributed by atoms with Crippen molar-refractivity contribution < 1.29 is 4.42 Å². The molecule has 0 spiro atoms. The maximum atomic E-state index is 5.57. The molecular formula is C17H18N4O. The van der Waals surface area contributed by atoms with Gasteiger partial charge >= 0.3 is 0 Å². The number of hydrogen-bond donors (Lipinski definition) is 0. The molecule has 3 aromatic rings. The van der Waals surface area contributed by atoms with Crippen LogP contribution in [-0.2, 0) is 13.1 Å². The summed E-state index contributed by atoms with van der Waals surface area (Å²) in [5.74, 6) is 1.30. The van der Waals surface area contributed by atoms with Gasteiger partial charge in [0.15, 0.2) is 0 Å². The van der Waals surface area contributed by atoms with E-state index in [2.05, 4.69) is 68.3 Å². The first-order valence-electron chi connectivity index (χ1n) is 7.54. The molecule has 0 radical (unpaired) electrons. The molecule has 0 aliphatic carbocycles. The Morgan fingerprint density at radius 3 is 2.73 bits per heavy atom. The molecule has 0 N–H and O–H groups in total. The van der Waals surface area contributed by atoms with Crippen molar-refractivity contribution in [3.63, 3.8) is 0 Å². The van der Waals surface area contributed by atoms with E-state index in [9.17, 15) is 0 Å². The first-order valence-corrected chi connectivity index (χ1v) is 7.54. The Morgan fingerprint density at radius 2 is 1.95 bits per heavy atom. The van der Waals surface area contributed by atoms with Crippen LogP contribution in [0.5, 0.6) is 0 Å². The fourth-order valence-corrected chi connectivity index (χ4v) is 3.19. The average molecular weight is 294 g/mol. The van der Waals surface area contributed by atoms with Gasteiger partial charge in [-0.2, -0.15) is 0 Å². The highest BCUT2D eigenvalue weighted by Crippen LogP contribution is 2.33. The first-order chi connectivity index (χ1) is 10.8. The van der Waals surface area contributed by atoms with Crippen LogP contribution >= 0.6 is 0 Å². The first kappa shape index (κ1) is 13.3. The minimum absolute atomic E-state index is 0.220. The van der Waals surface area contributed by atoms with Gasteiger partial charge in [0.1, 0.15) is 0 Å². The largest absolute Gasteiger partial charge is 0.424 e. The number of fused-ring (bicyclic) bond motifs is 1. The monoisotopic (exact) mass is 294 g/mol. The van der Waals surface area contributed by atoms with E-state index in [0.717, 1.165) is 13.1 Å². The maximum Gasteiger partial charge on any atom is 0.230 e. The molecule has 0 amide bonds. The molecule has 4 rings (SSSR count). The Kier molecular flexibility index (Phi) is 3.27. The second-order valence-electron chi connectivity index (χ2n) is 5.62. The fraction of sp³-hybridized carbons (Fsp3) is 0.294. The van der Waals surface area contributed by atoms with Crippen molar-refractivity contribution >= 4 is 0 Å². The molecule has 1 unspecified atom stereocenters. The highest BCUT2D eigenvalue weighted by atomic mass is 16.4. The molecule has 1 aliphatic rings. The highest BCUT2D eigenvalue weighted by molar-refractivity contribution is 5.30. The van der Waals surface area contributed by atoms with Crippen LogP contribution in [0.4, 0.5) is 0 Å². The van der Waals surface area contributed by atoms with Gasteiger partial charge in [-0.25, -0.2) is 0 Å². The summed E-state index contributed by atoms with van der Waals surface area (Å²) in [7, 11) is 0. The Labute approximate surface area is 129 Å². The zero-order valence-corrected chi connectivity index (χ0v) is 12.5. The van der Waals surface area contributed by atoms with Crippen LogP contribution in [0.2, 0.25) is 0 Å². The van der Waals surface area contributed by atoms with Crippen LogP contribution in [0.15, 0.2) is 53.1 Å². The minimum atomic E-state index is 0.220. The van der Waals surface area contributed by atoms with E-state index in [4.69, 9.17) is 4.42 Å². The van der Waals surface area contributed by atoms with Crippen LogP contribution in [0.1, 0.15) is 29.1 Å². The summed E-state index contributed by atoms with van der Waals surface area (Å²) in [5, 5.41) is 8.08. The quantitative estimate of drug-likeness (QED) is 0.745. The van der Waals surface area contributed by atoms with Gasteiger partial charge in [-0.1, -0.05) is 30.3 Å². The molecule has 0 fully saturated rings. The lowest BCUT2D eigenvalue weighted by Crippen LogP contribution is -2.38. The molecule has 1 atom stereocenters. The van der Waals surface area contributed by atoms with Crippen molar-refractivity contribution in [1.29, 1.82) is 0 Å². The predicted molar refractivity (Wildman–Crippen MR) is 82.2 cm³/mol. The normalized spacial score (nSPS) is 18.3. The van der Waals surface area contributed by atoms with Gasteiger partial charge in [0.05, 0.1) is 12.6 Å². The van der Waals surface area contributed by atoms with Crippen molar-refractivity contribution in [2.45, 2.75) is 26.1 Å². The van der Waals surface area contributed by atoms with E-state index in [-0.39, 0.29) is 6.04 Å². The number of nitrogens with zero attached hydrogens (tertiary/aromatic N) is 4. The van der Waals surface area contributed by atoms with E-state index < -0.39 is 0 Å². The van der Waals surface area contributed by atoms with Gasteiger partial charge in [-0.3, -0.25) is 4.90 Å². The molecule has 0 bridgehead atoms. The Balaban J connectivity index is 1.71. The average Bonchev–Trinajstić information content (AvgIpc) is 3.17. The highest BCUT2D eigenvalue weighted by Gasteiger charge is 2.29. The van der Waals surface area contributed by atoms with Crippen LogP contribution < -0.4 is 0 Å². The van der Waals surface area contributed by atoms with Crippen molar-refractivity contribution in [1.82, 2.24) is 19.7 Å². The van der Waals surface area contributed by atoms with Crippen molar-refractivity contribution in [3.05, 3.63) is 71.7 Å². The van der Waals surface area contributed by atoms with Crippen molar-refractivity contribution in [2.24, 2.45) is 0 Å². The molecule has 22 heavy (non-hydrogen) atoms. The summed E-state index contributed by atoms with van der Waals surface area (Å²) in [6, 6.07) is 15.1. The summed E-state index contributed by atoms with van der Waals surface area (Å²) in [5.41, 5.74) is 2.60. The molecule has 0 saturated heterocycles. The van der Waals surface area contributed by atoms with E-state index >= 15 is 0 Å². The van der Waals surface area contributed by atoms with Crippen LogP contribution in [0, 0.1) is 6.92 Å². The van der Waals surface area contributed by atoms with Crippen LogP contribution in [0.25, 0.3) is 0 Å². The molecule has 1 aliphatic heterocycles. The van der Waals surface area contributed by atoms with Crippen LogP contribution in [0.3, 0.4) is 0 Å². The zero-order valence-electron chi connectivity index (χ0n) is 12.5. The van der Waals surface area contributed by atoms with E-state index in [1.807, 2.05) is 6.92 Å². The van der Waals surface area contributed by atoms with Gasteiger partial charge in [0.25, 0.3) is 0 Å². The Morgan fingerprint density at radius 1 is 1.09 bits per heavy atom. The second-order valence-corrected chi connectivity index (χ2v) is 5.62. The number of benzene rings is 1. The molecular weight excluding hydrogens is 276 g/mol. The minimum Gasteiger partial charge on any atom is -0.424 e. The number of hydrogen-bond acceptors (Lipinski definition) is 4. The van der Waals surface area contributed by atoms with Gasteiger partial charge in [0.2, 0.25) is 11.8 Å². The molecule has 5 heteroatoms. The lowest BCUT2D eigenvalue weighted by atomic mass is 10.00. The van der Waals surface area contributed by atoms with Crippen LogP contribution in [-0.4, -0.2) is 26.2 Å². The third-order valence-corrected chi connectivity index (χ3v) is 4.16. The summed E-state index contributed by atoms with van der Waals surface area (Å²) in [6.07, 6.45) is 2.15. The maximum absolute atomic E-state index is 5.57. The predicted octanol–water partition coefficient (Wildman–Crippen LogP) is 2.78. The number of rotatable bonds is 3. The topological polar surface area (TPSA) is 47.1 Å². The molecule has 0 saturated carbocycles. The molecule has 3 heterocycles. The smallest absolute Gasteiger partial charge is 0.230 e. The Bertz CT molecular complexity index is 762.